The summed E-state index contributed by atoms with van der Waals surface area (Å²) in [6.45, 7) is 0. The number of benzene rings is 2. The zero-order valence-electron chi connectivity index (χ0n) is 13.5. The van der Waals surface area contributed by atoms with Crippen LogP contribution in [0.4, 0.5) is 0 Å². The van der Waals surface area contributed by atoms with Gasteiger partial charge in [-0.25, -0.2) is 0 Å². The number of carboxylic acid groups (broad SMARTS) is 1. The topological polar surface area (TPSA) is 72.8 Å². The standard InChI is InChI=1S/C18H15Cl3O5/c19-11-5-7-14(13(21)9-11)25-15-8-6-12(20)10-16(15)26-18(24)4-2-1-3-17(22)23/h5-10H,1-4H2,(H,22,23). The van der Waals surface area contributed by atoms with Crippen molar-refractivity contribution in [1.82, 2.24) is 0 Å². The molecule has 2 aromatic rings. The van der Waals surface area contributed by atoms with E-state index in [1.165, 1.54) is 12.1 Å². The number of rotatable bonds is 8. The van der Waals surface area contributed by atoms with Crippen molar-refractivity contribution in [2.45, 2.75) is 25.7 Å². The number of esters is 1. The van der Waals surface area contributed by atoms with Gasteiger partial charge in [0.2, 0.25) is 0 Å². The summed E-state index contributed by atoms with van der Waals surface area (Å²) in [6.07, 6.45) is 0.892. The number of carbonyl (C=O) groups excluding carboxylic acids is 1. The molecule has 8 heteroatoms. The highest BCUT2D eigenvalue weighted by Crippen LogP contribution is 2.37. The molecule has 0 heterocycles. The maximum atomic E-state index is 12.0. The Morgan fingerprint density at radius 1 is 0.846 bits per heavy atom. The Morgan fingerprint density at radius 2 is 1.46 bits per heavy atom. The monoisotopic (exact) mass is 416 g/mol. The third-order valence-corrected chi connectivity index (χ3v) is 4.03. The first kappa shape index (κ1) is 20.4. The maximum absolute atomic E-state index is 12.0. The molecule has 2 rings (SSSR count). The van der Waals surface area contributed by atoms with E-state index in [1.807, 2.05) is 0 Å². The van der Waals surface area contributed by atoms with Crippen LogP contribution in [0.2, 0.25) is 15.1 Å². The zero-order chi connectivity index (χ0) is 19.1. The van der Waals surface area contributed by atoms with Gasteiger partial charge in [-0.05, 0) is 43.2 Å². The molecule has 0 aliphatic heterocycles. The van der Waals surface area contributed by atoms with Crippen molar-refractivity contribution in [3.63, 3.8) is 0 Å². The number of hydrogen-bond acceptors (Lipinski definition) is 4. The molecule has 0 unspecified atom stereocenters. The van der Waals surface area contributed by atoms with Crippen LogP contribution >= 0.6 is 34.8 Å². The Hall–Kier alpha value is -1.95. The van der Waals surface area contributed by atoms with Gasteiger partial charge in [0, 0.05) is 29.0 Å². The molecule has 0 fully saturated rings. The van der Waals surface area contributed by atoms with Gasteiger partial charge in [0.1, 0.15) is 5.75 Å². The van der Waals surface area contributed by atoms with Gasteiger partial charge in [-0.1, -0.05) is 34.8 Å². The Labute approximate surface area is 165 Å². The van der Waals surface area contributed by atoms with Crippen molar-refractivity contribution < 1.29 is 24.2 Å². The van der Waals surface area contributed by atoms with Gasteiger partial charge in [0.05, 0.1) is 5.02 Å². The molecular formula is C18H15Cl3O5. The van der Waals surface area contributed by atoms with Crippen LogP contribution in [0.25, 0.3) is 0 Å². The lowest BCUT2D eigenvalue weighted by atomic mass is 10.2. The van der Waals surface area contributed by atoms with E-state index < -0.39 is 11.9 Å². The van der Waals surface area contributed by atoms with Crippen LogP contribution in [0, 0.1) is 0 Å². The molecule has 0 saturated carbocycles. The molecule has 0 bridgehead atoms. The van der Waals surface area contributed by atoms with Gasteiger partial charge in [0.25, 0.3) is 0 Å². The van der Waals surface area contributed by atoms with Crippen LogP contribution in [0.3, 0.4) is 0 Å². The maximum Gasteiger partial charge on any atom is 0.311 e. The predicted molar refractivity (Wildman–Crippen MR) is 99.7 cm³/mol. The van der Waals surface area contributed by atoms with E-state index in [1.54, 1.807) is 24.3 Å². The smallest absolute Gasteiger partial charge is 0.311 e. The largest absolute Gasteiger partial charge is 0.481 e. The average molecular weight is 418 g/mol. The number of halogens is 3. The van der Waals surface area contributed by atoms with E-state index in [9.17, 15) is 9.59 Å². The van der Waals surface area contributed by atoms with Crippen LogP contribution in [0.5, 0.6) is 17.2 Å². The first-order valence-corrected chi connectivity index (χ1v) is 8.83. The Morgan fingerprint density at radius 3 is 2.12 bits per heavy atom. The molecule has 0 spiro atoms. The van der Waals surface area contributed by atoms with Gasteiger partial charge < -0.3 is 14.6 Å². The van der Waals surface area contributed by atoms with Gasteiger partial charge in [-0.15, -0.1) is 0 Å². The molecule has 138 valence electrons. The quantitative estimate of drug-likeness (QED) is 0.324. The lowest BCUT2D eigenvalue weighted by Crippen LogP contribution is -2.08. The Balaban J connectivity index is 2.07. The van der Waals surface area contributed by atoms with E-state index in [-0.39, 0.29) is 24.3 Å². The van der Waals surface area contributed by atoms with Crippen molar-refractivity contribution in [2.24, 2.45) is 0 Å². The molecular weight excluding hydrogens is 403 g/mol. The van der Waals surface area contributed by atoms with Crippen LogP contribution in [-0.2, 0) is 9.59 Å². The average Bonchev–Trinajstić information content (AvgIpc) is 2.56. The Bertz CT molecular complexity index is 807. The van der Waals surface area contributed by atoms with Crippen LogP contribution in [-0.4, -0.2) is 17.0 Å². The fourth-order valence-electron chi connectivity index (χ4n) is 2.04. The van der Waals surface area contributed by atoms with E-state index in [2.05, 4.69) is 0 Å². The summed E-state index contributed by atoms with van der Waals surface area (Å²) in [5, 5.41) is 9.73. The second-order valence-corrected chi connectivity index (χ2v) is 6.62. The Kier molecular flexibility index (Phi) is 7.57. The van der Waals surface area contributed by atoms with Gasteiger partial charge >= 0.3 is 11.9 Å². The summed E-state index contributed by atoms with van der Waals surface area (Å²) in [7, 11) is 0. The van der Waals surface area contributed by atoms with Crippen molar-refractivity contribution in [3.8, 4) is 17.2 Å². The first-order valence-electron chi connectivity index (χ1n) is 7.70. The minimum atomic E-state index is -0.899. The number of ether oxygens (including phenoxy) is 2. The number of unbranched alkanes of at least 4 members (excludes halogenated alkanes) is 1. The molecule has 0 aromatic heterocycles. The molecule has 0 aliphatic rings. The molecule has 0 atom stereocenters. The minimum absolute atomic E-state index is 0.00781. The zero-order valence-corrected chi connectivity index (χ0v) is 15.8. The molecule has 0 aliphatic carbocycles. The van der Waals surface area contributed by atoms with Gasteiger partial charge in [0.15, 0.2) is 11.5 Å². The van der Waals surface area contributed by atoms with Crippen LogP contribution < -0.4 is 9.47 Å². The normalized spacial score (nSPS) is 10.4. The fraction of sp³-hybridized carbons (Fsp3) is 0.222. The molecule has 2 aromatic carbocycles. The lowest BCUT2D eigenvalue weighted by molar-refractivity contribution is -0.138. The third-order valence-electron chi connectivity index (χ3n) is 3.26. The van der Waals surface area contributed by atoms with Crippen LogP contribution in [0.1, 0.15) is 25.7 Å². The second kappa shape index (κ2) is 9.67. The van der Waals surface area contributed by atoms with Crippen molar-refractivity contribution in [3.05, 3.63) is 51.5 Å². The van der Waals surface area contributed by atoms with E-state index in [0.717, 1.165) is 0 Å². The minimum Gasteiger partial charge on any atom is -0.481 e. The van der Waals surface area contributed by atoms with E-state index in [0.29, 0.717) is 33.7 Å². The van der Waals surface area contributed by atoms with E-state index >= 15 is 0 Å². The molecule has 0 saturated heterocycles. The van der Waals surface area contributed by atoms with Crippen molar-refractivity contribution in [1.29, 1.82) is 0 Å². The van der Waals surface area contributed by atoms with Crippen molar-refractivity contribution in [2.75, 3.05) is 0 Å². The third kappa shape index (κ3) is 6.41. The summed E-state index contributed by atoms with van der Waals surface area (Å²) in [4.78, 5) is 22.4. The van der Waals surface area contributed by atoms with Gasteiger partial charge in [-0.2, -0.15) is 0 Å². The first-order chi connectivity index (χ1) is 12.3. The number of aliphatic carboxylic acids is 1. The van der Waals surface area contributed by atoms with Crippen LogP contribution in [0.15, 0.2) is 36.4 Å². The summed E-state index contributed by atoms with van der Waals surface area (Å²) < 4.78 is 11.0. The highest BCUT2D eigenvalue weighted by molar-refractivity contribution is 6.35. The summed E-state index contributed by atoms with van der Waals surface area (Å²) >= 11 is 17.9. The molecule has 5 nitrogen and oxygen atoms in total. The molecule has 0 radical (unpaired) electrons. The predicted octanol–water partition coefficient (Wildman–Crippen LogP) is 5.99. The van der Waals surface area contributed by atoms with Crippen molar-refractivity contribution >= 4 is 46.7 Å². The number of carboxylic acids is 1. The highest BCUT2D eigenvalue weighted by Gasteiger charge is 2.14. The summed E-state index contributed by atoms with van der Waals surface area (Å²) in [5.41, 5.74) is 0. The highest BCUT2D eigenvalue weighted by atomic mass is 35.5. The molecule has 0 amide bonds. The molecule has 1 N–H and O–H groups in total. The van der Waals surface area contributed by atoms with E-state index in [4.69, 9.17) is 49.4 Å². The molecule has 26 heavy (non-hydrogen) atoms. The van der Waals surface area contributed by atoms with Gasteiger partial charge in [-0.3, -0.25) is 9.59 Å². The summed E-state index contributed by atoms with van der Waals surface area (Å²) in [6, 6.07) is 9.34. The SMILES string of the molecule is O=C(O)CCCCC(=O)Oc1cc(Cl)ccc1Oc1ccc(Cl)cc1Cl. The number of hydrogen-bond donors (Lipinski definition) is 1. The second-order valence-electron chi connectivity index (χ2n) is 5.34. The lowest BCUT2D eigenvalue weighted by Gasteiger charge is -2.13. The fourth-order valence-corrected chi connectivity index (χ4v) is 2.65. The number of carbonyl (C=O) groups is 2. The summed E-state index contributed by atoms with van der Waals surface area (Å²) in [5.74, 6) is -0.658.